The first-order chi connectivity index (χ1) is 21.7. The number of nitrogens with zero attached hydrogens (tertiary/aromatic N) is 2. The lowest BCUT2D eigenvalue weighted by atomic mass is 9.96. The van der Waals surface area contributed by atoms with Gasteiger partial charge in [0.2, 0.25) is 0 Å². The largest absolute Gasteiger partial charge is 0.444 e. The number of rotatable bonds is 8. The van der Waals surface area contributed by atoms with Gasteiger partial charge < -0.3 is 15.0 Å². The van der Waals surface area contributed by atoms with Crippen molar-refractivity contribution in [1.82, 2.24) is 19.8 Å². The van der Waals surface area contributed by atoms with Crippen molar-refractivity contribution in [2.24, 2.45) is 5.92 Å². The number of likely N-dealkylation sites (tertiary alicyclic amines) is 1. The third kappa shape index (κ3) is 8.83. The lowest BCUT2D eigenvalue weighted by Crippen LogP contribution is -2.46. The minimum atomic E-state index is -4.91. The molecule has 0 aliphatic carbocycles. The van der Waals surface area contributed by atoms with E-state index < -0.39 is 61.5 Å². The predicted molar refractivity (Wildman–Crippen MR) is 182 cm³/mol. The standard InChI is InChI=1S/C30H34Cl2F3IN4O6S/c1-5-47(44,45)22-9-8-18(31)11-17(22)14-40-26(41)19-12-21(30(33,34)35)20(23(32)24(19)37-27(40)42)15-39-10-6-7-16(13-39)25(36)38-28(43)46-29(2,3)4/h8-9,11-12,16,25H,5-7,10,13-15H2,1-4H3,(H,37,42)(H,38,43). The quantitative estimate of drug-likeness (QED) is 0.154. The third-order valence-corrected chi connectivity index (χ3v) is 11.5. The number of hydrogen-bond donors (Lipinski definition) is 2. The summed E-state index contributed by atoms with van der Waals surface area (Å²) in [6.07, 6.45) is -4.14. The number of fused-ring (bicyclic) bond motifs is 1. The van der Waals surface area contributed by atoms with E-state index in [1.807, 2.05) is 0 Å². The van der Waals surface area contributed by atoms with Crippen LogP contribution in [0.4, 0.5) is 18.0 Å². The van der Waals surface area contributed by atoms with E-state index in [0.29, 0.717) is 30.1 Å². The van der Waals surface area contributed by atoms with Gasteiger partial charge in [-0.25, -0.2) is 18.0 Å². The molecule has 0 saturated carbocycles. The van der Waals surface area contributed by atoms with Gasteiger partial charge in [-0.1, -0.05) is 52.7 Å². The molecule has 2 atom stereocenters. The molecule has 0 spiro atoms. The molecular formula is C30H34Cl2F3IN4O6S. The van der Waals surface area contributed by atoms with Crippen LogP contribution in [0.2, 0.25) is 10.0 Å². The Bertz CT molecular complexity index is 1910. The maximum absolute atomic E-state index is 14.5. The molecule has 1 fully saturated rings. The molecule has 10 nitrogen and oxygen atoms in total. The Morgan fingerprint density at radius 3 is 2.47 bits per heavy atom. The first-order valence-electron chi connectivity index (χ1n) is 14.6. The number of H-pyrrole nitrogens is 1. The molecular weight excluding hydrogens is 799 g/mol. The number of aromatic amines is 1. The predicted octanol–water partition coefficient (Wildman–Crippen LogP) is 6.36. The van der Waals surface area contributed by atoms with Gasteiger partial charge in [0.15, 0.2) is 9.84 Å². The number of nitrogens with one attached hydrogen (secondary N) is 2. The summed E-state index contributed by atoms with van der Waals surface area (Å²) >= 11 is 14.7. The Morgan fingerprint density at radius 1 is 1.17 bits per heavy atom. The average molecular weight is 833 g/mol. The SMILES string of the molecule is CCS(=O)(=O)c1ccc(Cl)cc1Cn1c(=O)[nH]c2c(Cl)c(CN3CCCC(C(I)NC(=O)OC(C)(C)C)C3)c(C(F)(F)F)cc2c1=O. The Morgan fingerprint density at radius 2 is 1.85 bits per heavy atom. The summed E-state index contributed by atoms with van der Waals surface area (Å²) in [7, 11) is -3.80. The van der Waals surface area contributed by atoms with Crippen molar-refractivity contribution in [3.8, 4) is 0 Å². The van der Waals surface area contributed by atoms with Crippen LogP contribution in [0.25, 0.3) is 10.9 Å². The van der Waals surface area contributed by atoms with Gasteiger partial charge in [-0.3, -0.25) is 14.3 Å². The number of piperidine rings is 1. The molecule has 4 rings (SSSR count). The molecule has 2 unspecified atom stereocenters. The van der Waals surface area contributed by atoms with Crippen LogP contribution < -0.4 is 16.6 Å². The van der Waals surface area contributed by atoms with Crippen molar-refractivity contribution in [3.05, 3.63) is 71.8 Å². The van der Waals surface area contributed by atoms with Gasteiger partial charge in [0.05, 0.1) is 42.7 Å². The molecule has 47 heavy (non-hydrogen) atoms. The van der Waals surface area contributed by atoms with Crippen molar-refractivity contribution in [2.75, 3.05) is 18.8 Å². The first kappa shape index (κ1) is 37.5. The van der Waals surface area contributed by atoms with Gasteiger partial charge in [-0.05, 0) is 75.5 Å². The number of ether oxygens (including phenoxy) is 1. The molecule has 1 aliphatic heterocycles. The molecule has 2 aromatic carbocycles. The van der Waals surface area contributed by atoms with Crippen LogP contribution in [-0.2, 0) is 33.8 Å². The number of alkyl carbamates (subject to hydrolysis) is 1. The number of carbonyl (C=O) groups excluding carboxylic acids is 1. The fraction of sp³-hybridized carbons (Fsp3) is 0.500. The molecule has 1 amide bonds. The highest BCUT2D eigenvalue weighted by Gasteiger charge is 2.37. The summed E-state index contributed by atoms with van der Waals surface area (Å²) in [5.74, 6) is -0.376. The third-order valence-electron chi connectivity index (χ3n) is 7.68. The van der Waals surface area contributed by atoms with E-state index in [-0.39, 0.29) is 48.8 Å². The van der Waals surface area contributed by atoms with Crippen LogP contribution in [0.15, 0.2) is 38.8 Å². The molecule has 0 radical (unpaired) electrons. The van der Waals surface area contributed by atoms with Gasteiger partial charge in [0.25, 0.3) is 5.56 Å². The van der Waals surface area contributed by atoms with Crippen molar-refractivity contribution in [2.45, 2.75) is 74.3 Å². The van der Waals surface area contributed by atoms with Crippen molar-refractivity contribution < 1.29 is 31.1 Å². The zero-order valence-corrected chi connectivity index (χ0v) is 30.4. The smallest absolute Gasteiger partial charge is 0.416 e. The topological polar surface area (TPSA) is 131 Å². The number of hydrogen-bond acceptors (Lipinski definition) is 7. The summed E-state index contributed by atoms with van der Waals surface area (Å²) < 4.78 is 74.5. The number of aromatic nitrogens is 2. The fourth-order valence-electron chi connectivity index (χ4n) is 5.48. The fourth-order valence-corrected chi connectivity index (χ4v) is 7.94. The highest BCUT2D eigenvalue weighted by atomic mass is 127. The number of amides is 1. The van der Waals surface area contributed by atoms with Crippen molar-refractivity contribution >= 4 is 72.6 Å². The number of carbonyl (C=O) groups is 1. The summed E-state index contributed by atoms with van der Waals surface area (Å²) in [6, 6.07) is 4.55. The minimum absolute atomic E-state index is 0.0273. The molecule has 2 N–H and O–H groups in total. The monoisotopic (exact) mass is 832 g/mol. The number of sulfone groups is 1. The highest BCUT2D eigenvalue weighted by Crippen LogP contribution is 2.39. The van der Waals surface area contributed by atoms with E-state index in [1.165, 1.54) is 25.1 Å². The minimum Gasteiger partial charge on any atom is -0.444 e. The summed E-state index contributed by atoms with van der Waals surface area (Å²) in [5, 5.41) is 2.02. The van der Waals surface area contributed by atoms with E-state index >= 15 is 0 Å². The van der Waals surface area contributed by atoms with Crippen LogP contribution in [0.3, 0.4) is 0 Å². The van der Waals surface area contributed by atoms with Crippen molar-refractivity contribution in [3.63, 3.8) is 0 Å². The first-order valence-corrected chi connectivity index (χ1v) is 18.3. The second kappa shape index (κ2) is 14.3. The summed E-state index contributed by atoms with van der Waals surface area (Å²) in [4.78, 5) is 43.1. The lowest BCUT2D eigenvalue weighted by molar-refractivity contribution is -0.138. The summed E-state index contributed by atoms with van der Waals surface area (Å²) in [5.41, 5.74) is -4.45. The van der Waals surface area contributed by atoms with E-state index in [4.69, 9.17) is 27.9 Å². The molecule has 2 heterocycles. The van der Waals surface area contributed by atoms with Crippen LogP contribution in [0.5, 0.6) is 0 Å². The van der Waals surface area contributed by atoms with E-state index in [2.05, 4.69) is 32.9 Å². The Hall–Kier alpha value is -2.34. The molecule has 0 bridgehead atoms. The molecule has 17 heteroatoms. The molecule has 258 valence electrons. The van der Waals surface area contributed by atoms with Crippen LogP contribution in [-0.4, -0.2) is 57.5 Å². The Balaban J connectivity index is 1.72. The van der Waals surface area contributed by atoms with Gasteiger partial charge in [-0.15, -0.1) is 0 Å². The number of benzene rings is 2. The highest BCUT2D eigenvalue weighted by molar-refractivity contribution is 14.1. The van der Waals surface area contributed by atoms with Crippen molar-refractivity contribution in [1.29, 1.82) is 0 Å². The van der Waals surface area contributed by atoms with Crippen LogP contribution in [0.1, 0.15) is 57.2 Å². The normalized spacial score (nSPS) is 17.1. The molecule has 1 aliphatic rings. The number of halogens is 6. The van der Waals surface area contributed by atoms with E-state index in [1.54, 1.807) is 25.7 Å². The van der Waals surface area contributed by atoms with Gasteiger partial charge in [0, 0.05) is 24.0 Å². The Kier molecular flexibility index (Phi) is 11.4. The van der Waals surface area contributed by atoms with Crippen LogP contribution in [0, 0.1) is 5.92 Å². The molecule has 3 aromatic rings. The average Bonchev–Trinajstić information content (AvgIpc) is 2.95. The zero-order valence-electron chi connectivity index (χ0n) is 25.9. The summed E-state index contributed by atoms with van der Waals surface area (Å²) in [6.45, 7) is 6.63. The molecule has 1 aromatic heterocycles. The van der Waals surface area contributed by atoms with Crippen LogP contribution >= 0.6 is 45.8 Å². The second-order valence-electron chi connectivity index (χ2n) is 12.3. The Labute approximate surface area is 293 Å². The lowest BCUT2D eigenvalue weighted by Gasteiger charge is -2.36. The maximum atomic E-state index is 14.5. The molecule has 1 saturated heterocycles. The van der Waals surface area contributed by atoms with E-state index in [0.717, 1.165) is 6.42 Å². The number of alkyl halides is 4. The van der Waals surface area contributed by atoms with E-state index in [9.17, 15) is 36.0 Å². The van der Waals surface area contributed by atoms with Gasteiger partial charge >= 0.3 is 18.0 Å². The zero-order chi connectivity index (χ0) is 35.1. The second-order valence-corrected chi connectivity index (χ2v) is 16.7. The maximum Gasteiger partial charge on any atom is 0.416 e. The van der Waals surface area contributed by atoms with Gasteiger partial charge in [-0.2, -0.15) is 13.2 Å². The van der Waals surface area contributed by atoms with Gasteiger partial charge in [0.1, 0.15) is 5.60 Å².